The van der Waals surface area contributed by atoms with Crippen molar-refractivity contribution in [2.45, 2.75) is 6.92 Å². The predicted octanol–water partition coefficient (Wildman–Crippen LogP) is 4.08. The molecule has 1 aromatic carbocycles. The standard InChI is InChI=1S/C14H11BrFNO3S/c1-2-20-14(19)9-5-6-21-13(9)17-12(18)8-3-4-10(15)11(16)7-8/h3-7H,2H2,1H3,(H,17,18). The Hall–Kier alpha value is -1.73. The second-order valence-corrected chi connectivity index (χ2v) is 5.74. The number of carbonyl (C=O) groups is 2. The van der Waals surface area contributed by atoms with Crippen LogP contribution in [0.15, 0.2) is 34.1 Å². The first kappa shape index (κ1) is 15.7. The molecule has 7 heteroatoms. The van der Waals surface area contributed by atoms with E-state index in [0.29, 0.717) is 5.00 Å². The van der Waals surface area contributed by atoms with Gasteiger partial charge in [0, 0.05) is 5.56 Å². The Balaban J connectivity index is 2.18. The van der Waals surface area contributed by atoms with E-state index in [1.54, 1.807) is 18.4 Å². The van der Waals surface area contributed by atoms with Crippen molar-refractivity contribution in [1.29, 1.82) is 0 Å². The van der Waals surface area contributed by atoms with Gasteiger partial charge in [0.15, 0.2) is 0 Å². The maximum Gasteiger partial charge on any atom is 0.341 e. The first-order valence-corrected chi connectivity index (χ1v) is 7.71. The fraction of sp³-hybridized carbons (Fsp3) is 0.143. The van der Waals surface area contributed by atoms with Crippen LogP contribution in [0.3, 0.4) is 0 Å². The number of halogens is 2. The van der Waals surface area contributed by atoms with Crippen molar-refractivity contribution in [2.24, 2.45) is 0 Å². The molecule has 1 heterocycles. The number of benzene rings is 1. The molecule has 0 saturated heterocycles. The van der Waals surface area contributed by atoms with Gasteiger partial charge in [0.1, 0.15) is 10.8 Å². The van der Waals surface area contributed by atoms with Crippen molar-refractivity contribution < 1.29 is 18.7 Å². The highest BCUT2D eigenvalue weighted by Gasteiger charge is 2.17. The number of ether oxygens (including phenoxy) is 1. The molecular weight excluding hydrogens is 361 g/mol. The third-order valence-electron chi connectivity index (χ3n) is 2.57. The van der Waals surface area contributed by atoms with E-state index in [2.05, 4.69) is 21.2 Å². The molecule has 0 aliphatic heterocycles. The second-order valence-electron chi connectivity index (χ2n) is 3.97. The highest BCUT2D eigenvalue weighted by Crippen LogP contribution is 2.25. The van der Waals surface area contributed by atoms with Crippen molar-refractivity contribution >= 4 is 44.1 Å². The summed E-state index contributed by atoms with van der Waals surface area (Å²) < 4.78 is 18.6. The Morgan fingerprint density at radius 3 is 2.81 bits per heavy atom. The molecule has 1 amide bonds. The summed E-state index contributed by atoms with van der Waals surface area (Å²) in [7, 11) is 0. The summed E-state index contributed by atoms with van der Waals surface area (Å²) in [5, 5.41) is 4.64. The van der Waals surface area contributed by atoms with Crippen molar-refractivity contribution in [3.05, 3.63) is 51.1 Å². The van der Waals surface area contributed by atoms with Crippen LogP contribution in [0.25, 0.3) is 0 Å². The average Bonchev–Trinajstić information content (AvgIpc) is 2.90. The average molecular weight is 372 g/mol. The number of rotatable bonds is 4. The van der Waals surface area contributed by atoms with Gasteiger partial charge in [-0.2, -0.15) is 0 Å². The van der Waals surface area contributed by atoms with E-state index >= 15 is 0 Å². The molecule has 0 aliphatic carbocycles. The Bertz CT molecular complexity index is 687. The number of hydrogen-bond donors (Lipinski definition) is 1. The minimum atomic E-state index is -0.528. The van der Waals surface area contributed by atoms with Crippen molar-refractivity contribution in [1.82, 2.24) is 0 Å². The summed E-state index contributed by atoms with van der Waals surface area (Å²) in [4.78, 5) is 23.8. The Kier molecular flexibility index (Phi) is 5.08. The number of anilines is 1. The number of carbonyl (C=O) groups excluding carboxylic acids is 2. The minimum Gasteiger partial charge on any atom is -0.462 e. The van der Waals surface area contributed by atoms with Gasteiger partial charge < -0.3 is 10.1 Å². The topological polar surface area (TPSA) is 55.4 Å². The van der Waals surface area contributed by atoms with Crippen LogP contribution < -0.4 is 5.32 Å². The predicted molar refractivity (Wildman–Crippen MR) is 82.3 cm³/mol. The van der Waals surface area contributed by atoms with Gasteiger partial charge >= 0.3 is 5.97 Å². The summed E-state index contributed by atoms with van der Waals surface area (Å²) in [5.74, 6) is -1.52. The summed E-state index contributed by atoms with van der Waals surface area (Å²) >= 11 is 4.22. The summed E-state index contributed by atoms with van der Waals surface area (Å²) in [6.45, 7) is 1.95. The first-order chi connectivity index (χ1) is 10.0. The summed E-state index contributed by atoms with van der Waals surface area (Å²) in [6, 6.07) is 5.63. The van der Waals surface area contributed by atoms with E-state index in [-0.39, 0.29) is 22.2 Å². The number of nitrogens with one attached hydrogen (secondary N) is 1. The maximum absolute atomic E-state index is 13.4. The Morgan fingerprint density at radius 2 is 2.14 bits per heavy atom. The van der Waals surface area contributed by atoms with Gasteiger partial charge in [-0.25, -0.2) is 9.18 Å². The van der Waals surface area contributed by atoms with Crippen LogP contribution in [-0.2, 0) is 4.74 Å². The molecule has 0 radical (unpaired) electrons. The van der Waals surface area contributed by atoms with Crippen molar-refractivity contribution in [3.8, 4) is 0 Å². The molecule has 2 rings (SSSR count). The third kappa shape index (κ3) is 3.68. The molecule has 0 atom stereocenters. The van der Waals surface area contributed by atoms with Gasteiger partial charge in [-0.3, -0.25) is 4.79 Å². The fourth-order valence-corrected chi connectivity index (χ4v) is 2.61. The van der Waals surface area contributed by atoms with Crippen molar-refractivity contribution in [3.63, 3.8) is 0 Å². The van der Waals surface area contributed by atoms with Crippen LogP contribution in [0.4, 0.5) is 9.39 Å². The largest absolute Gasteiger partial charge is 0.462 e. The Labute approximate surface area is 133 Å². The lowest BCUT2D eigenvalue weighted by Crippen LogP contribution is -2.14. The lowest BCUT2D eigenvalue weighted by Gasteiger charge is -2.06. The van der Waals surface area contributed by atoms with E-state index in [9.17, 15) is 14.0 Å². The molecule has 2 aromatic rings. The van der Waals surface area contributed by atoms with E-state index < -0.39 is 17.7 Å². The third-order valence-corrected chi connectivity index (χ3v) is 4.04. The minimum absolute atomic E-state index is 0.166. The van der Waals surface area contributed by atoms with Gasteiger partial charge in [0.05, 0.1) is 16.6 Å². The molecule has 21 heavy (non-hydrogen) atoms. The molecule has 0 unspecified atom stereocenters. The van der Waals surface area contributed by atoms with Crippen LogP contribution in [0.1, 0.15) is 27.6 Å². The molecule has 4 nitrogen and oxygen atoms in total. The lowest BCUT2D eigenvalue weighted by atomic mass is 10.2. The van der Waals surface area contributed by atoms with Crippen LogP contribution >= 0.6 is 27.3 Å². The molecule has 0 fully saturated rings. The van der Waals surface area contributed by atoms with Crippen LogP contribution in [0, 0.1) is 5.82 Å². The molecule has 110 valence electrons. The highest BCUT2D eigenvalue weighted by molar-refractivity contribution is 9.10. The lowest BCUT2D eigenvalue weighted by molar-refractivity contribution is 0.0528. The molecule has 0 bridgehead atoms. The SMILES string of the molecule is CCOC(=O)c1ccsc1NC(=O)c1ccc(Br)c(F)c1. The molecule has 1 N–H and O–H groups in total. The summed E-state index contributed by atoms with van der Waals surface area (Å²) in [6.07, 6.45) is 0. The number of esters is 1. The fourth-order valence-electron chi connectivity index (χ4n) is 1.59. The molecule has 0 aliphatic rings. The van der Waals surface area contributed by atoms with Crippen LogP contribution in [0.2, 0.25) is 0 Å². The van der Waals surface area contributed by atoms with E-state index in [0.717, 1.165) is 6.07 Å². The quantitative estimate of drug-likeness (QED) is 0.823. The highest BCUT2D eigenvalue weighted by atomic mass is 79.9. The van der Waals surface area contributed by atoms with Gasteiger partial charge in [-0.1, -0.05) is 0 Å². The smallest absolute Gasteiger partial charge is 0.341 e. The van der Waals surface area contributed by atoms with E-state index in [1.807, 2.05) is 0 Å². The number of amides is 1. The van der Waals surface area contributed by atoms with Crippen LogP contribution in [-0.4, -0.2) is 18.5 Å². The zero-order valence-electron chi connectivity index (χ0n) is 11.0. The molecule has 0 saturated carbocycles. The maximum atomic E-state index is 13.4. The molecule has 0 spiro atoms. The van der Waals surface area contributed by atoms with Crippen LogP contribution in [0.5, 0.6) is 0 Å². The van der Waals surface area contributed by atoms with Gasteiger partial charge in [-0.15, -0.1) is 11.3 Å². The van der Waals surface area contributed by atoms with Gasteiger partial charge in [0.25, 0.3) is 5.91 Å². The normalized spacial score (nSPS) is 10.2. The van der Waals surface area contributed by atoms with E-state index in [1.165, 1.54) is 23.5 Å². The molecule has 1 aromatic heterocycles. The van der Waals surface area contributed by atoms with Gasteiger partial charge in [-0.05, 0) is 52.5 Å². The van der Waals surface area contributed by atoms with Crippen molar-refractivity contribution in [2.75, 3.05) is 11.9 Å². The van der Waals surface area contributed by atoms with Gasteiger partial charge in [0.2, 0.25) is 0 Å². The zero-order chi connectivity index (χ0) is 15.4. The molecular formula is C14H11BrFNO3S. The first-order valence-electron chi connectivity index (χ1n) is 6.04. The second kappa shape index (κ2) is 6.82. The number of thiophene rings is 1. The monoisotopic (exact) mass is 371 g/mol. The number of hydrogen-bond acceptors (Lipinski definition) is 4. The Morgan fingerprint density at radius 1 is 1.38 bits per heavy atom. The zero-order valence-corrected chi connectivity index (χ0v) is 13.4. The van der Waals surface area contributed by atoms with E-state index in [4.69, 9.17) is 4.74 Å². The summed E-state index contributed by atoms with van der Waals surface area (Å²) in [5.41, 5.74) is 0.451.